The zero-order valence-electron chi connectivity index (χ0n) is 14.2. The van der Waals surface area contributed by atoms with Gasteiger partial charge in [-0.05, 0) is 50.4 Å². The Morgan fingerprint density at radius 1 is 1.25 bits per heavy atom. The quantitative estimate of drug-likeness (QED) is 0.861. The average Bonchev–Trinajstić information content (AvgIpc) is 3.45. The lowest BCUT2D eigenvalue weighted by Gasteiger charge is -2.24. The molecule has 1 amide bonds. The number of hydrogen-bond donors (Lipinski definition) is 1. The van der Waals surface area contributed by atoms with Crippen LogP contribution in [0.3, 0.4) is 0 Å². The van der Waals surface area contributed by atoms with Gasteiger partial charge in [-0.3, -0.25) is 9.69 Å². The van der Waals surface area contributed by atoms with Crippen molar-refractivity contribution in [3.8, 4) is 0 Å². The zero-order valence-corrected chi connectivity index (χ0v) is 14.2. The number of amides is 1. The zero-order chi connectivity index (χ0) is 16.1. The molecule has 6 heteroatoms. The SMILES string of the molecule is O=C(CN1C[C@@H]2CCC[C@]2(c2nnc(C3CC3)o2)C1)NCC1CC1. The number of carbonyl (C=O) groups is 1. The summed E-state index contributed by atoms with van der Waals surface area (Å²) in [5.41, 5.74) is -0.00306. The van der Waals surface area contributed by atoms with Gasteiger partial charge in [-0.15, -0.1) is 10.2 Å². The maximum absolute atomic E-state index is 12.2. The summed E-state index contributed by atoms with van der Waals surface area (Å²) >= 11 is 0. The molecule has 0 bridgehead atoms. The second kappa shape index (κ2) is 5.55. The predicted octanol–water partition coefficient (Wildman–Crippen LogP) is 1.83. The number of aromatic nitrogens is 2. The fraction of sp³-hybridized carbons (Fsp3) is 0.833. The van der Waals surface area contributed by atoms with Crippen LogP contribution in [0.4, 0.5) is 0 Å². The first-order valence-corrected chi connectivity index (χ1v) is 9.56. The van der Waals surface area contributed by atoms with Gasteiger partial charge in [0.25, 0.3) is 0 Å². The Morgan fingerprint density at radius 3 is 2.92 bits per heavy atom. The van der Waals surface area contributed by atoms with E-state index in [1.807, 2.05) is 0 Å². The minimum Gasteiger partial charge on any atom is -0.424 e. The third-order valence-corrected chi connectivity index (χ3v) is 6.39. The number of hydrogen-bond acceptors (Lipinski definition) is 5. The highest BCUT2D eigenvalue weighted by molar-refractivity contribution is 5.78. The first-order chi connectivity index (χ1) is 11.7. The van der Waals surface area contributed by atoms with E-state index in [4.69, 9.17) is 4.42 Å². The summed E-state index contributed by atoms with van der Waals surface area (Å²) in [6.45, 7) is 3.24. The van der Waals surface area contributed by atoms with E-state index in [9.17, 15) is 4.79 Å². The molecular weight excluding hydrogens is 304 g/mol. The van der Waals surface area contributed by atoms with Crippen molar-refractivity contribution < 1.29 is 9.21 Å². The third kappa shape index (κ3) is 2.65. The number of rotatable bonds is 6. The molecule has 0 aromatic carbocycles. The van der Waals surface area contributed by atoms with Crippen LogP contribution in [0.15, 0.2) is 4.42 Å². The van der Waals surface area contributed by atoms with E-state index in [0.29, 0.717) is 18.4 Å². The molecule has 130 valence electrons. The molecule has 0 radical (unpaired) electrons. The summed E-state index contributed by atoms with van der Waals surface area (Å²) in [7, 11) is 0. The normalized spacial score (nSPS) is 32.9. The maximum atomic E-state index is 12.2. The highest BCUT2D eigenvalue weighted by atomic mass is 16.4. The minimum absolute atomic E-state index is 0.00306. The van der Waals surface area contributed by atoms with Crippen molar-refractivity contribution in [2.45, 2.75) is 56.3 Å². The molecule has 5 rings (SSSR count). The second-order valence-electron chi connectivity index (χ2n) is 8.38. The topological polar surface area (TPSA) is 71.3 Å². The van der Waals surface area contributed by atoms with Gasteiger partial charge in [-0.1, -0.05) is 6.42 Å². The van der Waals surface area contributed by atoms with Crippen molar-refractivity contribution in [1.29, 1.82) is 0 Å². The van der Waals surface area contributed by atoms with Crippen LogP contribution < -0.4 is 5.32 Å². The molecule has 4 fully saturated rings. The van der Waals surface area contributed by atoms with Gasteiger partial charge in [-0.25, -0.2) is 0 Å². The van der Waals surface area contributed by atoms with Crippen LogP contribution in [-0.4, -0.2) is 47.2 Å². The number of nitrogens with one attached hydrogen (secondary N) is 1. The maximum Gasteiger partial charge on any atom is 0.234 e. The van der Waals surface area contributed by atoms with Crippen LogP contribution in [0.5, 0.6) is 0 Å². The molecule has 1 aromatic heterocycles. The van der Waals surface area contributed by atoms with Gasteiger partial charge in [0.05, 0.1) is 12.0 Å². The van der Waals surface area contributed by atoms with Gasteiger partial charge in [0, 0.05) is 25.6 Å². The Bertz CT molecular complexity index is 637. The molecule has 24 heavy (non-hydrogen) atoms. The Hall–Kier alpha value is -1.43. The molecule has 1 aliphatic heterocycles. The van der Waals surface area contributed by atoms with Crippen LogP contribution in [0.1, 0.15) is 62.6 Å². The van der Waals surface area contributed by atoms with E-state index in [0.717, 1.165) is 43.8 Å². The Kier molecular flexibility index (Phi) is 3.44. The molecule has 2 atom stereocenters. The standard InChI is InChI=1S/C18H26N4O2/c23-15(19-8-12-3-4-12)10-22-9-14-2-1-7-18(14,11-22)17-21-20-16(24-17)13-5-6-13/h12-14H,1-11H2,(H,19,23)/t14-,18-/m0/s1. The number of carbonyl (C=O) groups excluding carboxylic acids is 1. The molecule has 1 saturated heterocycles. The van der Waals surface area contributed by atoms with E-state index < -0.39 is 0 Å². The summed E-state index contributed by atoms with van der Waals surface area (Å²) < 4.78 is 6.09. The average molecular weight is 330 g/mol. The van der Waals surface area contributed by atoms with Gasteiger partial charge in [0.2, 0.25) is 17.7 Å². The summed E-state index contributed by atoms with van der Waals surface area (Å²) in [5, 5.41) is 11.8. The summed E-state index contributed by atoms with van der Waals surface area (Å²) in [5.74, 6) is 3.64. The van der Waals surface area contributed by atoms with E-state index >= 15 is 0 Å². The van der Waals surface area contributed by atoms with Gasteiger partial charge >= 0.3 is 0 Å². The Morgan fingerprint density at radius 2 is 2.12 bits per heavy atom. The van der Waals surface area contributed by atoms with Crippen LogP contribution in [-0.2, 0) is 10.2 Å². The number of nitrogens with zero attached hydrogens (tertiary/aromatic N) is 3. The third-order valence-electron chi connectivity index (χ3n) is 6.39. The van der Waals surface area contributed by atoms with Crippen molar-refractivity contribution in [3.63, 3.8) is 0 Å². The monoisotopic (exact) mass is 330 g/mol. The van der Waals surface area contributed by atoms with Crippen LogP contribution in [0, 0.1) is 11.8 Å². The van der Waals surface area contributed by atoms with Gasteiger partial charge < -0.3 is 9.73 Å². The first-order valence-electron chi connectivity index (χ1n) is 9.56. The van der Waals surface area contributed by atoms with E-state index in [1.54, 1.807) is 0 Å². The van der Waals surface area contributed by atoms with Crippen LogP contribution >= 0.6 is 0 Å². The number of likely N-dealkylation sites (tertiary alicyclic amines) is 1. The van der Waals surface area contributed by atoms with Crippen molar-refractivity contribution in [3.05, 3.63) is 11.8 Å². The van der Waals surface area contributed by atoms with Crippen LogP contribution in [0.25, 0.3) is 0 Å². The summed E-state index contributed by atoms with van der Waals surface area (Å²) in [6.07, 6.45) is 8.47. The molecule has 3 aliphatic carbocycles. The van der Waals surface area contributed by atoms with Crippen LogP contribution in [0.2, 0.25) is 0 Å². The lowest BCUT2D eigenvalue weighted by Crippen LogP contribution is -2.39. The molecule has 1 aromatic rings. The van der Waals surface area contributed by atoms with Crippen molar-refractivity contribution in [2.24, 2.45) is 11.8 Å². The smallest absolute Gasteiger partial charge is 0.234 e. The molecule has 1 N–H and O–H groups in total. The molecule has 0 spiro atoms. The molecule has 2 heterocycles. The van der Waals surface area contributed by atoms with E-state index in [-0.39, 0.29) is 11.3 Å². The lowest BCUT2D eigenvalue weighted by molar-refractivity contribution is -0.122. The van der Waals surface area contributed by atoms with Gasteiger partial charge in [0.1, 0.15) is 0 Å². The highest BCUT2D eigenvalue weighted by Crippen LogP contribution is 2.50. The first kappa shape index (κ1) is 14.9. The Labute approximate surface area is 142 Å². The fourth-order valence-corrected chi connectivity index (χ4v) is 4.63. The molecule has 0 unspecified atom stereocenters. The largest absolute Gasteiger partial charge is 0.424 e. The number of fused-ring (bicyclic) bond motifs is 1. The minimum atomic E-state index is -0.00306. The lowest BCUT2D eigenvalue weighted by atomic mass is 9.80. The molecule has 6 nitrogen and oxygen atoms in total. The van der Waals surface area contributed by atoms with Gasteiger partial charge in [-0.2, -0.15) is 0 Å². The molecular formula is C18H26N4O2. The second-order valence-corrected chi connectivity index (χ2v) is 8.38. The van der Waals surface area contributed by atoms with E-state index in [1.165, 1.54) is 38.5 Å². The molecule has 3 saturated carbocycles. The summed E-state index contributed by atoms with van der Waals surface area (Å²) in [6, 6.07) is 0. The molecule has 4 aliphatic rings. The van der Waals surface area contributed by atoms with E-state index in [2.05, 4.69) is 20.4 Å². The predicted molar refractivity (Wildman–Crippen MR) is 87.5 cm³/mol. The van der Waals surface area contributed by atoms with Gasteiger partial charge in [0.15, 0.2) is 0 Å². The highest BCUT2D eigenvalue weighted by Gasteiger charge is 2.54. The fourth-order valence-electron chi connectivity index (χ4n) is 4.63. The Balaban J connectivity index is 1.27. The summed E-state index contributed by atoms with van der Waals surface area (Å²) in [4.78, 5) is 14.5. The van der Waals surface area contributed by atoms with Crippen molar-refractivity contribution >= 4 is 5.91 Å². The van der Waals surface area contributed by atoms with Crippen molar-refractivity contribution in [1.82, 2.24) is 20.4 Å². The van der Waals surface area contributed by atoms with Crippen molar-refractivity contribution in [2.75, 3.05) is 26.2 Å².